The smallest absolute Gasteiger partial charge is 0.166 e. The van der Waals surface area contributed by atoms with Crippen molar-refractivity contribution in [2.75, 3.05) is 13.7 Å². The third-order valence-electron chi connectivity index (χ3n) is 5.34. The van der Waals surface area contributed by atoms with Gasteiger partial charge in [0.25, 0.3) is 0 Å². The maximum absolute atomic E-state index is 14.6. The molecule has 0 saturated carbocycles. The Morgan fingerprint density at radius 2 is 1.35 bits per heavy atom. The van der Waals surface area contributed by atoms with Crippen LogP contribution in [0.4, 0.5) is 13.2 Å². The van der Waals surface area contributed by atoms with Crippen molar-refractivity contribution in [3.8, 4) is 23.7 Å². The first kappa shape index (κ1) is 23.2. The van der Waals surface area contributed by atoms with Crippen LogP contribution in [-0.4, -0.2) is 13.7 Å². The number of fused-ring (bicyclic) bond motifs is 1. The van der Waals surface area contributed by atoms with Crippen molar-refractivity contribution in [1.82, 2.24) is 0 Å². The van der Waals surface area contributed by atoms with E-state index in [-0.39, 0.29) is 10.9 Å². The van der Waals surface area contributed by atoms with Crippen LogP contribution >= 0.6 is 0 Å². The van der Waals surface area contributed by atoms with Gasteiger partial charge in [0.1, 0.15) is 5.82 Å². The van der Waals surface area contributed by atoms with Crippen LogP contribution < -0.4 is 0 Å². The highest BCUT2D eigenvalue weighted by atomic mass is 19.2. The van der Waals surface area contributed by atoms with Gasteiger partial charge in [-0.25, -0.2) is 13.2 Å². The summed E-state index contributed by atoms with van der Waals surface area (Å²) in [5.74, 6) is 9.45. The minimum Gasteiger partial charge on any atom is -0.385 e. The number of hydrogen-bond acceptors (Lipinski definition) is 1. The zero-order valence-electron chi connectivity index (χ0n) is 18.6. The summed E-state index contributed by atoms with van der Waals surface area (Å²) in [5, 5.41) is 0.709. The lowest BCUT2D eigenvalue weighted by molar-refractivity contribution is 0.195. The molecule has 0 aromatic heterocycles. The van der Waals surface area contributed by atoms with Gasteiger partial charge in [0, 0.05) is 35.8 Å². The number of aryl methyl sites for hydroxylation is 1. The molecule has 4 aromatic rings. The van der Waals surface area contributed by atoms with E-state index in [2.05, 4.69) is 23.7 Å². The molecular weight excluding hydrogens is 433 g/mol. The average Bonchev–Trinajstić information content (AvgIpc) is 2.85. The topological polar surface area (TPSA) is 9.23 Å². The largest absolute Gasteiger partial charge is 0.385 e. The van der Waals surface area contributed by atoms with Crippen LogP contribution in [0.25, 0.3) is 10.8 Å². The van der Waals surface area contributed by atoms with E-state index in [1.165, 1.54) is 23.8 Å². The molecule has 0 aliphatic carbocycles. The third kappa shape index (κ3) is 5.67. The Morgan fingerprint density at radius 1 is 0.676 bits per heavy atom. The second kappa shape index (κ2) is 10.8. The van der Waals surface area contributed by atoms with Crippen LogP contribution in [0.2, 0.25) is 0 Å². The van der Waals surface area contributed by atoms with Crippen molar-refractivity contribution in [3.63, 3.8) is 0 Å². The maximum atomic E-state index is 14.6. The van der Waals surface area contributed by atoms with Gasteiger partial charge in [-0.15, -0.1) is 0 Å². The van der Waals surface area contributed by atoms with Gasteiger partial charge in [0.05, 0.1) is 5.56 Å². The number of methoxy groups -OCH3 is 1. The summed E-state index contributed by atoms with van der Waals surface area (Å²) in [6.45, 7) is 0.733. The summed E-state index contributed by atoms with van der Waals surface area (Å²) >= 11 is 0. The predicted octanol–water partition coefficient (Wildman–Crippen LogP) is 6.64. The molecule has 34 heavy (non-hydrogen) atoms. The SMILES string of the molecule is COCCCc1ccc(C#Cc2ccc(C#Cc3ccc4c(F)c(F)ccc4c3)c(F)c2)cc1. The van der Waals surface area contributed by atoms with E-state index in [0.717, 1.165) is 31.1 Å². The van der Waals surface area contributed by atoms with Crippen LogP contribution in [0.3, 0.4) is 0 Å². The van der Waals surface area contributed by atoms with E-state index < -0.39 is 17.5 Å². The molecule has 0 fully saturated rings. The van der Waals surface area contributed by atoms with Crippen LogP contribution in [0.1, 0.15) is 34.2 Å². The fraction of sp³-hybridized carbons (Fsp3) is 0.133. The van der Waals surface area contributed by atoms with Crippen LogP contribution in [-0.2, 0) is 11.2 Å². The van der Waals surface area contributed by atoms with Gasteiger partial charge in [0.2, 0.25) is 0 Å². The zero-order chi connectivity index (χ0) is 23.9. The van der Waals surface area contributed by atoms with Gasteiger partial charge in [-0.1, -0.05) is 47.9 Å². The van der Waals surface area contributed by atoms with Crippen LogP contribution in [0.15, 0.2) is 72.8 Å². The molecule has 4 heteroatoms. The molecule has 0 aliphatic heterocycles. The molecule has 0 aliphatic rings. The number of hydrogen-bond donors (Lipinski definition) is 0. The number of ether oxygens (including phenoxy) is 1. The lowest BCUT2D eigenvalue weighted by Crippen LogP contribution is -1.92. The molecule has 0 atom stereocenters. The maximum Gasteiger partial charge on any atom is 0.166 e. The molecule has 0 amide bonds. The number of rotatable bonds is 4. The summed E-state index contributed by atoms with van der Waals surface area (Å²) in [6.07, 6.45) is 1.92. The fourth-order valence-corrected chi connectivity index (χ4v) is 3.50. The Bertz CT molecular complexity index is 1450. The van der Waals surface area contributed by atoms with Crippen molar-refractivity contribution >= 4 is 10.8 Å². The van der Waals surface area contributed by atoms with Crippen LogP contribution in [0.5, 0.6) is 0 Å². The third-order valence-corrected chi connectivity index (χ3v) is 5.34. The Morgan fingerprint density at radius 3 is 2.12 bits per heavy atom. The first-order valence-corrected chi connectivity index (χ1v) is 10.8. The van der Waals surface area contributed by atoms with Crippen molar-refractivity contribution in [3.05, 3.63) is 118 Å². The lowest BCUT2D eigenvalue weighted by atomic mass is 10.1. The van der Waals surface area contributed by atoms with E-state index in [9.17, 15) is 13.2 Å². The van der Waals surface area contributed by atoms with Crippen molar-refractivity contribution < 1.29 is 17.9 Å². The second-order valence-electron chi connectivity index (χ2n) is 7.79. The van der Waals surface area contributed by atoms with E-state index in [1.54, 1.807) is 31.4 Å². The summed E-state index contributed by atoms with van der Waals surface area (Å²) in [7, 11) is 1.69. The normalized spacial score (nSPS) is 10.4. The van der Waals surface area contributed by atoms with E-state index in [0.29, 0.717) is 16.5 Å². The van der Waals surface area contributed by atoms with Gasteiger partial charge < -0.3 is 4.74 Å². The van der Waals surface area contributed by atoms with Gasteiger partial charge >= 0.3 is 0 Å². The summed E-state index contributed by atoms with van der Waals surface area (Å²) < 4.78 is 46.8. The van der Waals surface area contributed by atoms with Crippen molar-refractivity contribution in [1.29, 1.82) is 0 Å². The molecule has 168 valence electrons. The molecule has 0 radical (unpaired) electrons. The minimum atomic E-state index is -0.897. The van der Waals surface area contributed by atoms with Gasteiger partial charge in [-0.3, -0.25) is 0 Å². The molecule has 0 spiro atoms. The van der Waals surface area contributed by atoms with Gasteiger partial charge in [0.15, 0.2) is 11.6 Å². The molecular formula is C30H21F3O. The molecule has 4 rings (SSSR count). The molecule has 0 N–H and O–H groups in total. The highest BCUT2D eigenvalue weighted by Gasteiger charge is 2.07. The highest BCUT2D eigenvalue weighted by molar-refractivity contribution is 5.84. The van der Waals surface area contributed by atoms with Crippen LogP contribution in [0, 0.1) is 41.1 Å². The number of benzene rings is 4. The Balaban J connectivity index is 1.47. The lowest BCUT2D eigenvalue weighted by Gasteiger charge is -2.01. The first-order chi connectivity index (χ1) is 16.5. The standard InChI is InChI=1S/C30H21F3O/c1-34-18-2-3-21-4-6-22(7-5-21)8-9-24-11-14-25(29(32)20-24)13-10-23-12-16-27-26(19-23)15-17-28(31)30(27)33/h4-7,11-12,14-17,19-20H,2-3,18H2,1H3. The first-order valence-electron chi connectivity index (χ1n) is 10.8. The predicted molar refractivity (Wildman–Crippen MR) is 129 cm³/mol. The molecule has 0 saturated heterocycles. The van der Waals surface area contributed by atoms with Gasteiger partial charge in [-0.2, -0.15) is 0 Å². The quantitative estimate of drug-likeness (QED) is 0.248. The average molecular weight is 454 g/mol. The molecule has 1 nitrogen and oxygen atoms in total. The van der Waals surface area contributed by atoms with E-state index in [1.807, 2.05) is 24.3 Å². The monoisotopic (exact) mass is 454 g/mol. The molecule has 0 heterocycles. The van der Waals surface area contributed by atoms with E-state index in [4.69, 9.17) is 4.74 Å². The molecule has 4 aromatic carbocycles. The van der Waals surface area contributed by atoms with Crippen molar-refractivity contribution in [2.24, 2.45) is 0 Å². The van der Waals surface area contributed by atoms with E-state index >= 15 is 0 Å². The Labute approximate surface area is 197 Å². The van der Waals surface area contributed by atoms with Crippen molar-refractivity contribution in [2.45, 2.75) is 12.8 Å². The second-order valence-corrected chi connectivity index (χ2v) is 7.79. The Kier molecular flexibility index (Phi) is 7.33. The summed E-state index contributed by atoms with van der Waals surface area (Å²) in [6, 6.07) is 19.9. The highest BCUT2D eigenvalue weighted by Crippen LogP contribution is 2.21. The Hall–Kier alpha value is -3.99. The molecule has 0 unspecified atom stereocenters. The summed E-state index contributed by atoms with van der Waals surface area (Å²) in [4.78, 5) is 0. The molecule has 0 bridgehead atoms. The number of halogens is 3. The zero-order valence-corrected chi connectivity index (χ0v) is 18.6. The summed E-state index contributed by atoms with van der Waals surface area (Å²) in [5.41, 5.74) is 3.44. The van der Waals surface area contributed by atoms with Gasteiger partial charge in [-0.05, 0) is 72.3 Å². The fourth-order valence-electron chi connectivity index (χ4n) is 3.50. The minimum absolute atomic E-state index is 0.181.